The molecule has 0 unspecified atom stereocenters. The summed E-state index contributed by atoms with van der Waals surface area (Å²) < 4.78 is 27.8. The summed E-state index contributed by atoms with van der Waals surface area (Å²) >= 11 is 3.42. The number of benzene rings is 1. The van der Waals surface area contributed by atoms with Gasteiger partial charge in [0.25, 0.3) is 0 Å². The van der Waals surface area contributed by atoms with Crippen LogP contribution in [0.3, 0.4) is 0 Å². The molecule has 0 atom stereocenters. The number of rotatable bonds is 3. The molecule has 1 fully saturated rings. The Labute approximate surface area is 136 Å². The van der Waals surface area contributed by atoms with E-state index in [1.54, 1.807) is 6.20 Å². The second kappa shape index (κ2) is 6.71. The van der Waals surface area contributed by atoms with E-state index in [0.717, 1.165) is 48.8 Å². The third-order valence-electron chi connectivity index (χ3n) is 3.79. The fourth-order valence-corrected chi connectivity index (χ4v) is 3.10. The van der Waals surface area contributed by atoms with E-state index < -0.39 is 11.6 Å². The maximum atomic E-state index is 13.8. The van der Waals surface area contributed by atoms with Crippen molar-refractivity contribution in [3.05, 3.63) is 58.3 Å². The second-order valence-corrected chi connectivity index (χ2v) is 6.29. The monoisotopic (exact) mass is 367 g/mol. The van der Waals surface area contributed by atoms with Crippen LogP contribution < -0.4 is 4.90 Å². The van der Waals surface area contributed by atoms with Crippen molar-refractivity contribution in [3.63, 3.8) is 0 Å². The average molecular weight is 368 g/mol. The first-order valence-corrected chi connectivity index (χ1v) is 7.93. The van der Waals surface area contributed by atoms with Gasteiger partial charge >= 0.3 is 0 Å². The maximum Gasteiger partial charge on any atom is 0.149 e. The van der Waals surface area contributed by atoms with E-state index in [0.29, 0.717) is 5.69 Å². The fourth-order valence-electron chi connectivity index (χ4n) is 2.69. The molecule has 0 saturated carbocycles. The Bertz CT molecular complexity index is 658. The molecule has 6 heteroatoms. The van der Waals surface area contributed by atoms with Gasteiger partial charge in [-0.3, -0.25) is 9.88 Å². The highest BCUT2D eigenvalue weighted by molar-refractivity contribution is 9.10. The van der Waals surface area contributed by atoms with Crippen LogP contribution in [0.25, 0.3) is 0 Å². The normalized spacial score (nSPS) is 16.0. The third kappa shape index (κ3) is 3.62. The van der Waals surface area contributed by atoms with Crippen LogP contribution in [0.4, 0.5) is 14.5 Å². The van der Waals surface area contributed by atoms with Gasteiger partial charge in [-0.1, -0.05) is 0 Å². The molecule has 22 heavy (non-hydrogen) atoms. The molecule has 1 saturated heterocycles. The Morgan fingerprint density at radius 3 is 2.50 bits per heavy atom. The first-order valence-electron chi connectivity index (χ1n) is 7.13. The number of halogens is 3. The zero-order chi connectivity index (χ0) is 15.5. The molecule has 2 heterocycles. The van der Waals surface area contributed by atoms with Gasteiger partial charge in [0.15, 0.2) is 0 Å². The topological polar surface area (TPSA) is 19.4 Å². The molecule has 1 aliphatic rings. The summed E-state index contributed by atoms with van der Waals surface area (Å²) in [4.78, 5) is 8.43. The number of hydrogen-bond acceptors (Lipinski definition) is 3. The van der Waals surface area contributed by atoms with Gasteiger partial charge in [-0.25, -0.2) is 8.78 Å². The van der Waals surface area contributed by atoms with Crippen molar-refractivity contribution in [2.24, 2.45) is 0 Å². The number of aromatic nitrogens is 1. The van der Waals surface area contributed by atoms with Crippen LogP contribution >= 0.6 is 15.9 Å². The number of nitrogens with zero attached hydrogens (tertiary/aromatic N) is 3. The molecule has 0 amide bonds. The fraction of sp³-hybridized carbons (Fsp3) is 0.312. The molecule has 0 aliphatic carbocycles. The minimum absolute atomic E-state index is 0.477. The molecule has 3 rings (SSSR count). The van der Waals surface area contributed by atoms with Gasteiger partial charge < -0.3 is 4.90 Å². The maximum absolute atomic E-state index is 13.8. The lowest BCUT2D eigenvalue weighted by Crippen LogP contribution is -2.46. The van der Waals surface area contributed by atoms with Crippen molar-refractivity contribution in [1.29, 1.82) is 0 Å². The molecule has 2 aromatic rings. The van der Waals surface area contributed by atoms with Gasteiger partial charge in [0.2, 0.25) is 0 Å². The molecular formula is C16H16BrF2N3. The predicted molar refractivity (Wildman–Crippen MR) is 85.8 cm³/mol. The van der Waals surface area contributed by atoms with Crippen molar-refractivity contribution in [1.82, 2.24) is 9.88 Å². The Hall–Kier alpha value is -1.53. The lowest BCUT2D eigenvalue weighted by atomic mass is 10.2. The molecule has 1 aliphatic heterocycles. The quantitative estimate of drug-likeness (QED) is 0.828. The second-order valence-electron chi connectivity index (χ2n) is 5.37. The smallest absolute Gasteiger partial charge is 0.149 e. The molecule has 116 valence electrons. The Morgan fingerprint density at radius 2 is 1.82 bits per heavy atom. The van der Waals surface area contributed by atoms with E-state index in [1.165, 1.54) is 12.1 Å². The van der Waals surface area contributed by atoms with Crippen molar-refractivity contribution >= 4 is 21.6 Å². The number of hydrogen-bond donors (Lipinski definition) is 0. The van der Waals surface area contributed by atoms with E-state index in [-0.39, 0.29) is 0 Å². The highest BCUT2D eigenvalue weighted by Crippen LogP contribution is 2.22. The minimum atomic E-state index is -0.540. The van der Waals surface area contributed by atoms with Crippen molar-refractivity contribution in [3.8, 4) is 0 Å². The molecule has 1 aromatic carbocycles. The summed E-state index contributed by atoms with van der Waals surface area (Å²) in [6.07, 6.45) is 3.62. The zero-order valence-corrected chi connectivity index (χ0v) is 13.6. The van der Waals surface area contributed by atoms with Gasteiger partial charge in [-0.15, -0.1) is 0 Å². The average Bonchev–Trinajstić information content (AvgIpc) is 2.48. The van der Waals surface area contributed by atoms with Gasteiger partial charge in [0, 0.05) is 55.7 Å². The molecule has 3 nitrogen and oxygen atoms in total. The van der Waals surface area contributed by atoms with E-state index in [2.05, 4.69) is 31.9 Å². The van der Waals surface area contributed by atoms with E-state index in [1.807, 2.05) is 11.1 Å². The van der Waals surface area contributed by atoms with Crippen LogP contribution in [0.5, 0.6) is 0 Å². The first-order chi connectivity index (χ1) is 10.6. The predicted octanol–water partition coefficient (Wildman–Crippen LogP) is 3.44. The van der Waals surface area contributed by atoms with E-state index in [9.17, 15) is 8.78 Å². The van der Waals surface area contributed by atoms with Crippen molar-refractivity contribution in [2.75, 3.05) is 31.1 Å². The van der Waals surface area contributed by atoms with Crippen molar-refractivity contribution < 1.29 is 8.78 Å². The summed E-state index contributed by atoms with van der Waals surface area (Å²) in [5, 5.41) is 0. The largest absolute Gasteiger partial charge is 0.367 e. The Kier molecular flexibility index (Phi) is 4.69. The first kappa shape index (κ1) is 15.4. The van der Waals surface area contributed by atoms with Crippen LogP contribution in [-0.2, 0) is 6.54 Å². The molecule has 0 spiro atoms. The molecule has 0 bridgehead atoms. The Balaban J connectivity index is 1.60. The standard InChI is InChI=1S/C16H16BrF2N3/c17-13-7-12(9-20-10-13)11-21-3-5-22(6-4-21)16-2-1-14(18)8-15(16)19/h1-2,7-10H,3-6,11H2. The van der Waals surface area contributed by atoms with Crippen molar-refractivity contribution in [2.45, 2.75) is 6.54 Å². The van der Waals surface area contributed by atoms with Gasteiger partial charge in [-0.2, -0.15) is 0 Å². The summed E-state index contributed by atoms with van der Waals surface area (Å²) in [7, 11) is 0. The van der Waals surface area contributed by atoms with Crippen LogP contribution in [0.1, 0.15) is 5.56 Å². The van der Waals surface area contributed by atoms with Gasteiger partial charge in [-0.05, 0) is 39.7 Å². The lowest BCUT2D eigenvalue weighted by molar-refractivity contribution is 0.249. The number of anilines is 1. The lowest BCUT2D eigenvalue weighted by Gasteiger charge is -2.36. The zero-order valence-electron chi connectivity index (χ0n) is 12.0. The van der Waals surface area contributed by atoms with Crippen LogP contribution in [0, 0.1) is 11.6 Å². The van der Waals surface area contributed by atoms with Crippen LogP contribution in [0.15, 0.2) is 41.1 Å². The summed E-state index contributed by atoms with van der Waals surface area (Å²) in [6.45, 7) is 3.95. The van der Waals surface area contributed by atoms with E-state index >= 15 is 0 Å². The minimum Gasteiger partial charge on any atom is -0.367 e. The summed E-state index contributed by atoms with van der Waals surface area (Å²) in [5.74, 6) is -1.04. The Morgan fingerprint density at radius 1 is 1.05 bits per heavy atom. The number of pyridine rings is 1. The SMILES string of the molecule is Fc1ccc(N2CCN(Cc3cncc(Br)c3)CC2)c(F)c1. The number of piperazine rings is 1. The molecule has 1 aromatic heterocycles. The molecule has 0 radical (unpaired) electrons. The molecular weight excluding hydrogens is 352 g/mol. The summed E-state index contributed by atoms with van der Waals surface area (Å²) in [6, 6.07) is 5.81. The van der Waals surface area contributed by atoms with Gasteiger partial charge in [0.1, 0.15) is 11.6 Å². The summed E-state index contributed by atoms with van der Waals surface area (Å²) in [5.41, 5.74) is 1.63. The van der Waals surface area contributed by atoms with Crippen LogP contribution in [0.2, 0.25) is 0 Å². The molecule has 0 N–H and O–H groups in total. The highest BCUT2D eigenvalue weighted by Gasteiger charge is 2.19. The third-order valence-corrected chi connectivity index (χ3v) is 4.22. The van der Waals surface area contributed by atoms with E-state index in [4.69, 9.17) is 0 Å². The van der Waals surface area contributed by atoms with Crippen LogP contribution in [-0.4, -0.2) is 36.1 Å². The van der Waals surface area contributed by atoms with Gasteiger partial charge in [0.05, 0.1) is 5.69 Å². The highest BCUT2D eigenvalue weighted by atomic mass is 79.9.